The van der Waals surface area contributed by atoms with E-state index in [0.717, 1.165) is 11.5 Å². The molecule has 84 valence electrons. The van der Waals surface area contributed by atoms with Crippen LogP contribution < -0.4 is 9.47 Å². The molecule has 3 nitrogen and oxygen atoms in total. The van der Waals surface area contributed by atoms with E-state index >= 15 is 0 Å². The molecule has 0 saturated heterocycles. The number of ether oxygens (including phenoxy) is 3. The second-order valence-electron chi connectivity index (χ2n) is 2.95. The molecule has 15 heavy (non-hydrogen) atoms. The van der Waals surface area contributed by atoms with Crippen LogP contribution in [0.3, 0.4) is 0 Å². The van der Waals surface area contributed by atoms with Crippen molar-refractivity contribution in [2.75, 3.05) is 20.3 Å². The minimum Gasteiger partial charge on any atom is -0.486 e. The molecular weight excluding hydrogens is 192 g/mol. The number of hydrogen-bond donors (Lipinski definition) is 0. The summed E-state index contributed by atoms with van der Waals surface area (Å²) in [5.74, 6) is 1.62. The summed E-state index contributed by atoms with van der Waals surface area (Å²) in [7, 11) is 1.66. The van der Waals surface area contributed by atoms with Crippen molar-refractivity contribution in [2.45, 2.75) is 20.0 Å². The molecule has 0 saturated carbocycles. The molecule has 0 spiro atoms. The Labute approximate surface area is 91.0 Å². The Morgan fingerprint density at radius 1 is 1.27 bits per heavy atom. The van der Waals surface area contributed by atoms with E-state index in [1.54, 1.807) is 7.11 Å². The van der Waals surface area contributed by atoms with Gasteiger partial charge in [0.1, 0.15) is 6.61 Å². The number of para-hydroxylation sites is 2. The van der Waals surface area contributed by atoms with Gasteiger partial charge in [-0.3, -0.25) is 0 Å². The van der Waals surface area contributed by atoms with E-state index in [0.29, 0.717) is 13.2 Å². The Hall–Kier alpha value is -1.22. The third kappa shape index (κ3) is 3.13. The van der Waals surface area contributed by atoms with Crippen LogP contribution in [0, 0.1) is 0 Å². The second-order valence-corrected chi connectivity index (χ2v) is 2.95. The highest BCUT2D eigenvalue weighted by Crippen LogP contribution is 2.30. The van der Waals surface area contributed by atoms with Crippen molar-refractivity contribution in [2.24, 2.45) is 0 Å². The lowest BCUT2D eigenvalue weighted by Crippen LogP contribution is -2.32. The maximum Gasteiger partial charge on any atom is 0.161 e. The number of hydrogen-bond acceptors (Lipinski definition) is 3. The van der Waals surface area contributed by atoms with Crippen molar-refractivity contribution in [3.05, 3.63) is 24.3 Å². The number of rotatable bonds is 2. The normalized spacial score (nSPS) is 17.7. The minimum atomic E-state index is 0.0138. The molecule has 0 fully saturated rings. The molecule has 0 aliphatic carbocycles. The minimum absolute atomic E-state index is 0.0138. The van der Waals surface area contributed by atoms with E-state index in [2.05, 4.69) is 0 Å². The lowest BCUT2D eigenvalue weighted by molar-refractivity contribution is 0.0272. The van der Waals surface area contributed by atoms with Crippen LogP contribution in [0.4, 0.5) is 0 Å². The molecule has 1 aromatic carbocycles. The van der Waals surface area contributed by atoms with Gasteiger partial charge in [0.15, 0.2) is 17.6 Å². The van der Waals surface area contributed by atoms with Crippen LogP contribution in [0.2, 0.25) is 0 Å². The zero-order chi connectivity index (χ0) is 11.1. The standard InChI is InChI=1S/C10H12O3.C2H6/c1-11-6-8-7-12-9-4-2-3-5-10(9)13-8;1-2/h2-5,8H,6-7H2,1H3;1-2H3. The Kier molecular flexibility index (Phi) is 4.98. The largest absolute Gasteiger partial charge is 0.486 e. The van der Waals surface area contributed by atoms with Gasteiger partial charge < -0.3 is 14.2 Å². The molecule has 0 N–H and O–H groups in total. The van der Waals surface area contributed by atoms with Gasteiger partial charge in [0, 0.05) is 7.11 Å². The summed E-state index contributed by atoms with van der Waals surface area (Å²) in [6.07, 6.45) is 0.0138. The van der Waals surface area contributed by atoms with E-state index in [9.17, 15) is 0 Å². The lowest BCUT2D eigenvalue weighted by atomic mass is 10.3. The zero-order valence-electron chi connectivity index (χ0n) is 9.53. The van der Waals surface area contributed by atoms with Crippen molar-refractivity contribution >= 4 is 0 Å². The van der Waals surface area contributed by atoms with Crippen LogP contribution in [-0.4, -0.2) is 26.4 Å². The fourth-order valence-corrected chi connectivity index (χ4v) is 1.33. The molecule has 0 amide bonds. The molecule has 0 radical (unpaired) electrons. The Morgan fingerprint density at radius 2 is 1.93 bits per heavy atom. The van der Waals surface area contributed by atoms with Crippen LogP contribution in [0.5, 0.6) is 11.5 Å². The average Bonchev–Trinajstić information content (AvgIpc) is 2.32. The molecule has 3 heteroatoms. The van der Waals surface area contributed by atoms with Gasteiger partial charge in [0.2, 0.25) is 0 Å². The van der Waals surface area contributed by atoms with E-state index in [1.807, 2.05) is 38.1 Å². The molecule has 2 rings (SSSR count). The van der Waals surface area contributed by atoms with E-state index < -0.39 is 0 Å². The molecule has 1 unspecified atom stereocenters. The monoisotopic (exact) mass is 210 g/mol. The summed E-state index contributed by atoms with van der Waals surface area (Å²) >= 11 is 0. The maximum absolute atomic E-state index is 5.62. The number of methoxy groups -OCH3 is 1. The van der Waals surface area contributed by atoms with Crippen LogP contribution in [0.15, 0.2) is 24.3 Å². The number of benzene rings is 1. The van der Waals surface area contributed by atoms with Gasteiger partial charge >= 0.3 is 0 Å². The van der Waals surface area contributed by atoms with Crippen molar-refractivity contribution in [1.82, 2.24) is 0 Å². The zero-order valence-corrected chi connectivity index (χ0v) is 9.53. The summed E-state index contributed by atoms with van der Waals surface area (Å²) < 4.78 is 16.1. The third-order valence-corrected chi connectivity index (χ3v) is 1.92. The summed E-state index contributed by atoms with van der Waals surface area (Å²) in [5.41, 5.74) is 0. The molecule has 0 aromatic heterocycles. The Morgan fingerprint density at radius 3 is 2.60 bits per heavy atom. The molecule has 0 bridgehead atoms. The van der Waals surface area contributed by atoms with Crippen molar-refractivity contribution in [3.63, 3.8) is 0 Å². The van der Waals surface area contributed by atoms with Crippen LogP contribution in [0.25, 0.3) is 0 Å². The van der Waals surface area contributed by atoms with Crippen molar-refractivity contribution in [3.8, 4) is 11.5 Å². The van der Waals surface area contributed by atoms with Gasteiger partial charge in [-0.2, -0.15) is 0 Å². The molecule has 1 aromatic rings. The highest BCUT2D eigenvalue weighted by atomic mass is 16.6. The fourth-order valence-electron chi connectivity index (χ4n) is 1.33. The molecule has 1 aliphatic rings. The van der Waals surface area contributed by atoms with Gasteiger partial charge in [0.25, 0.3) is 0 Å². The summed E-state index contributed by atoms with van der Waals surface area (Å²) in [6.45, 7) is 5.12. The highest BCUT2D eigenvalue weighted by molar-refractivity contribution is 5.40. The molecule has 1 heterocycles. The predicted molar refractivity (Wildman–Crippen MR) is 59.6 cm³/mol. The summed E-state index contributed by atoms with van der Waals surface area (Å²) in [4.78, 5) is 0. The lowest BCUT2D eigenvalue weighted by Gasteiger charge is -2.25. The smallest absolute Gasteiger partial charge is 0.161 e. The van der Waals surface area contributed by atoms with Crippen LogP contribution in [0.1, 0.15) is 13.8 Å². The molecule has 1 aliphatic heterocycles. The van der Waals surface area contributed by atoms with Crippen molar-refractivity contribution < 1.29 is 14.2 Å². The van der Waals surface area contributed by atoms with E-state index in [4.69, 9.17) is 14.2 Å². The first kappa shape index (κ1) is 11.9. The van der Waals surface area contributed by atoms with E-state index in [-0.39, 0.29) is 6.10 Å². The average molecular weight is 210 g/mol. The summed E-state index contributed by atoms with van der Waals surface area (Å²) in [5, 5.41) is 0. The van der Waals surface area contributed by atoms with Gasteiger partial charge in [-0.1, -0.05) is 26.0 Å². The first-order valence-corrected chi connectivity index (χ1v) is 5.27. The molecular formula is C12H18O3. The topological polar surface area (TPSA) is 27.7 Å². The van der Waals surface area contributed by atoms with Gasteiger partial charge in [-0.05, 0) is 12.1 Å². The van der Waals surface area contributed by atoms with Crippen LogP contribution in [-0.2, 0) is 4.74 Å². The molecule has 1 atom stereocenters. The quantitative estimate of drug-likeness (QED) is 0.750. The predicted octanol–water partition coefficient (Wildman–Crippen LogP) is 2.50. The van der Waals surface area contributed by atoms with Crippen LogP contribution >= 0.6 is 0 Å². The third-order valence-electron chi connectivity index (χ3n) is 1.92. The Balaban J connectivity index is 0.000000531. The first-order chi connectivity index (χ1) is 7.40. The van der Waals surface area contributed by atoms with Gasteiger partial charge in [-0.25, -0.2) is 0 Å². The SMILES string of the molecule is CC.COCC1COc2ccccc2O1. The number of fused-ring (bicyclic) bond motifs is 1. The second kappa shape index (κ2) is 6.30. The Bertz CT molecular complexity index is 286. The first-order valence-electron chi connectivity index (χ1n) is 5.27. The van der Waals surface area contributed by atoms with Crippen molar-refractivity contribution in [1.29, 1.82) is 0 Å². The maximum atomic E-state index is 5.62. The van der Waals surface area contributed by atoms with E-state index in [1.165, 1.54) is 0 Å². The van der Waals surface area contributed by atoms with Gasteiger partial charge in [0.05, 0.1) is 6.61 Å². The highest BCUT2D eigenvalue weighted by Gasteiger charge is 2.19. The van der Waals surface area contributed by atoms with Gasteiger partial charge in [-0.15, -0.1) is 0 Å². The fraction of sp³-hybridized carbons (Fsp3) is 0.500. The summed E-state index contributed by atoms with van der Waals surface area (Å²) in [6, 6.07) is 7.66.